The van der Waals surface area contributed by atoms with Crippen LogP contribution in [0.25, 0.3) is 0 Å². The third-order valence-corrected chi connectivity index (χ3v) is 11.0. The van der Waals surface area contributed by atoms with Gasteiger partial charge in [-0.1, -0.05) is 39.8 Å². The Morgan fingerprint density at radius 1 is 1.03 bits per heavy atom. The monoisotopic (exact) mass is 589 g/mol. The first kappa shape index (κ1) is 32.1. The van der Waals surface area contributed by atoms with Gasteiger partial charge in [0.1, 0.15) is 29.9 Å². The molecule has 11 nitrogen and oxygen atoms in total. The molecule has 2 bridgehead atoms. The highest BCUT2D eigenvalue weighted by Crippen LogP contribution is 2.30. The van der Waals surface area contributed by atoms with Gasteiger partial charge in [-0.15, -0.1) is 0 Å². The highest BCUT2D eigenvalue weighted by atomic mass is 33.5. The number of hydrogen-bond donors (Lipinski definition) is 5. The van der Waals surface area contributed by atoms with Gasteiger partial charge in [0.15, 0.2) is 5.75 Å². The Hall–Kier alpha value is -2.16. The summed E-state index contributed by atoms with van der Waals surface area (Å²) in [4.78, 5) is 65.5. The van der Waals surface area contributed by atoms with E-state index in [-0.39, 0.29) is 29.7 Å². The van der Waals surface area contributed by atoms with Crippen molar-refractivity contribution >= 4 is 60.4 Å². The summed E-state index contributed by atoms with van der Waals surface area (Å²) in [6.07, 6.45) is 3.95. The number of nitrogens with one attached hydrogen (secondary N) is 4. The summed E-state index contributed by atoms with van der Waals surface area (Å²) in [6.45, 7) is 8.54. The molecule has 212 valence electrons. The van der Waals surface area contributed by atoms with Gasteiger partial charge >= 0.3 is 5.97 Å². The minimum Gasteiger partial charge on any atom is -0.456 e. The molecule has 1 unspecified atom stereocenters. The van der Waals surface area contributed by atoms with Crippen molar-refractivity contribution in [3.63, 3.8) is 0 Å². The molecule has 5 N–H and O–H groups in total. The van der Waals surface area contributed by atoms with Gasteiger partial charge in [-0.2, -0.15) is 4.55 Å². The van der Waals surface area contributed by atoms with E-state index in [1.165, 1.54) is 26.7 Å². The Morgan fingerprint density at radius 2 is 1.71 bits per heavy atom. The molecule has 14 heteroatoms. The van der Waals surface area contributed by atoms with Gasteiger partial charge in [-0.05, 0) is 35.6 Å². The number of fused-ring (bicyclic) bond motifs is 7. The van der Waals surface area contributed by atoms with Gasteiger partial charge in [0.2, 0.25) is 37.8 Å². The van der Waals surface area contributed by atoms with Crippen LogP contribution < -0.4 is 21.3 Å². The predicted molar refractivity (Wildman–Crippen MR) is 151 cm³/mol. The molecule has 0 aromatic rings. The summed E-state index contributed by atoms with van der Waals surface area (Å²) in [7, 11) is 1.36. The van der Waals surface area contributed by atoms with E-state index in [4.69, 9.17) is 4.74 Å². The number of hydrogen-bond acceptors (Lipinski definition) is 9. The zero-order chi connectivity index (χ0) is 28.4. The average Bonchev–Trinajstić information content (AvgIpc) is 2.84. The highest BCUT2D eigenvalue weighted by molar-refractivity contribution is 9.06. The first-order chi connectivity index (χ1) is 17.9. The minimum atomic E-state index is -1.07. The number of carbonyl (C=O) groups excluding carboxylic acids is 5. The minimum absolute atomic E-state index is 0.0920. The molecular weight excluding hydrogens is 552 g/mol. The van der Waals surface area contributed by atoms with Crippen molar-refractivity contribution in [3.8, 4) is 0 Å². The van der Waals surface area contributed by atoms with Crippen LogP contribution in [0.2, 0.25) is 0 Å². The van der Waals surface area contributed by atoms with Gasteiger partial charge in [-0.3, -0.25) is 19.2 Å². The van der Waals surface area contributed by atoms with Crippen LogP contribution in [0.5, 0.6) is 0 Å². The van der Waals surface area contributed by atoms with Gasteiger partial charge in [0.05, 0.1) is 6.42 Å². The van der Waals surface area contributed by atoms with Crippen LogP contribution in [0.1, 0.15) is 47.5 Å². The van der Waals surface area contributed by atoms with Crippen molar-refractivity contribution in [1.29, 1.82) is 0 Å². The number of esters is 1. The summed E-state index contributed by atoms with van der Waals surface area (Å²) in [5, 5.41) is 10.5. The largest absolute Gasteiger partial charge is 0.456 e. The molecule has 4 amide bonds. The van der Waals surface area contributed by atoms with Crippen LogP contribution in [0.15, 0.2) is 23.9 Å². The topological polar surface area (TPSA) is 163 Å². The predicted octanol–water partition coefficient (Wildman–Crippen LogP) is 1.44. The summed E-state index contributed by atoms with van der Waals surface area (Å²) in [5.74, 6) is -3.34. The number of ether oxygens (including phenoxy) is 1. The second kappa shape index (κ2) is 15.4. The highest BCUT2D eigenvalue weighted by Gasteiger charge is 2.34. The first-order valence-corrected chi connectivity index (χ1v) is 16.6. The molecule has 1 fully saturated rings. The molecule has 5 atom stereocenters. The standard InChI is InChI=1S/C24H36N4O7S3/c1-6-16-21(30)28-20(14(4)5)24(33)35-15-9-7-8-10-38(34)37-36-12-17(22(31)25-16)26-23(32)19(13(2)3)27-18(29)11-15/h6-7,9,13-15,17,19-20,34H,8,10-12H2,1-5H3,(H3-,25,26,27,28,29,30,31,32)/p+1/b9-7+,16-6-/t15-,17-,19-,20+,38?/m1/s1. The van der Waals surface area contributed by atoms with Crippen molar-refractivity contribution in [3.05, 3.63) is 23.9 Å². The van der Waals surface area contributed by atoms with Gasteiger partial charge in [0.25, 0.3) is 5.91 Å². The van der Waals surface area contributed by atoms with E-state index in [0.29, 0.717) is 12.2 Å². The molecule has 0 aromatic carbocycles. The van der Waals surface area contributed by atoms with E-state index in [1.807, 2.05) is 0 Å². The lowest BCUT2D eigenvalue weighted by Crippen LogP contribution is -2.57. The molecule has 0 radical (unpaired) electrons. The smallest absolute Gasteiger partial charge is 0.329 e. The van der Waals surface area contributed by atoms with Gasteiger partial charge in [-0.25, -0.2) is 4.79 Å². The Labute approximate surface area is 233 Å². The third-order valence-electron chi connectivity index (χ3n) is 5.72. The molecule has 2 aliphatic heterocycles. The normalized spacial score (nSPS) is 31.0. The number of amides is 4. The molecule has 0 saturated carbocycles. The van der Waals surface area contributed by atoms with Gasteiger partial charge < -0.3 is 26.0 Å². The Bertz CT molecular complexity index is 957. The van der Waals surface area contributed by atoms with Crippen molar-refractivity contribution < 1.29 is 33.3 Å². The van der Waals surface area contributed by atoms with E-state index in [9.17, 15) is 28.5 Å². The fraction of sp³-hybridized carbons (Fsp3) is 0.625. The molecule has 2 rings (SSSR count). The zero-order valence-corrected chi connectivity index (χ0v) is 24.6. The van der Waals surface area contributed by atoms with Crippen LogP contribution in [-0.2, 0) is 38.9 Å². The quantitative estimate of drug-likeness (QED) is 0.105. The molecule has 1 saturated heterocycles. The maximum absolute atomic E-state index is 13.2. The molecule has 0 aromatic heterocycles. The fourth-order valence-corrected chi connectivity index (χ4v) is 8.02. The lowest BCUT2D eigenvalue weighted by atomic mass is 10.0. The molecule has 0 spiro atoms. The van der Waals surface area contributed by atoms with Crippen molar-refractivity contribution in [2.45, 2.75) is 71.7 Å². The maximum Gasteiger partial charge on any atom is 0.329 e. The second-order valence-corrected chi connectivity index (χ2v) is 14.8. The van der Waals surface area contributed by atoms with Crippen LogP contribution in [0, 0.1) is 11.8 Å². The summed E-state index contributed by atoms with van der Waals surface area (Å²) in [6, 6.07) is -3.08. The maximum atomic E-state index is 13.2. The first-order valence-electron chi connectivity index (χ1n) is 12.4. The Balaban J connectivity index is 2.58. The molecule has 2 heterocycles. The van der Waals surface area contributed by atoms with Crippen molar-refractivity contribution in [1.82, 2.24) is 21.3 Å². The summed E-state index contributed by atoms with van der Waals surface area (Å²) in [5.41, 5.74) is -0.0920. The number of allylic oxidation sites excluding steroid dienone is 2. The summed E-state index contributed by atoms with van der Waals surface area (Å²) >= 11 is 0. The van der Waals surface area contributed by atoms with E-state index in [0.717, 1.165) is 0 Å². The number of rotatable bonds is 2. The second-order valence-electron chi connectivity index (χ2n) is 9.51. The van der Waals surface area contributed by atoms with Crippen LogP contribution in [0.4, 0.5) is 0 Å². The van der Waals surface area contributed by atoms with Crippen LogP contribution >= 0.6 is 20.6 Å². The number of carbonyl (C=O) groups is 5. The Morgan fingerprint density at radius 3 is 2.34 bits per heavy atom. The van der Waals surface area contributed by atoms with Crippen molar-refractivity contribution in [2.24, 2.45) is 11.8 Å². The third kappa shape index (κ3) is 9.86. The van der Waals surface area contributed by atoms with Crippen molar-refractivity contribution in [2.75, 3.05) is 11.5 Å². The SMILES string of the molecule is C/C=C1\NC(=O)[C@H]2CSS[S+](O)CC/C=C/[C@H](CC(=O)N[C@H](C(C)C)C(=O)N2)OC(=O)[C@H](C(C)C)NC1=O. The molecule has 0 aliphatic carbocycles. The lowest BCUT2D eigenvalue weighted by Gasteiger charge is -2.27. The zero-order valence-electron chi connectivity index (χ0n) is 22.1. The summed E-state index contributed by atoms with van der Waals surface area (Å²) < 4.78 is 16.0. The van der Waals surface area contributed by atoms with E-state index in [2.05, 4.69) is 21.3 Å². The molecule has 38 heavy (non-hydrogen) atoms. The average molecular weight is 590 g/mol. The van der Waals surface area contributed by atoms with Gasteiger partial charge in [0, 0.05) is 12.2 Å². The molecule has 2 aliphatic rings. The van der Waals surface area contributed by atoms with Crippen LogP contribution in [-0.4, -0.2) is 69.9 Å². The van der Waals surface area contributed by atoms with E-state index >= 15 is 0 Å². The molecular formula is C24H37N4O7S3+. The van der Waals surface area contributed by atoms with E-state index < -0.39 is 64.0 Å². The lowest BCUT2D eigenvalue weighted by molar-refractivity contribution is -0.153. The fourth-order valence-electron chi connectivity index (χ4n) is 3.56. The van der Waals surface area contributed by atoms with Crippen LogP contribution in [0.3, 0.4) is 0 Å². The Kier molecular flexibility index (Phi) is 13.0. The van der Waals surface area contributed by atoms with E-state index in [1.54, 1.807) is 46.8 Å².